The van der Waals surface area contributed by atoms with Crippen LogP contribution >= 0.6 is 11.6 Å². The van der Waals surface area contributed by atoms with Crippen LogP contribution in [0.5, 0.6) is 0 Å². The van der Waals surface area contributed by atoms with Gasteiger partial charge in [0.25, 0.3) is 0 Å². The quantitative estimate of drug-likeness (QED) is 0.616. The van der Waals surface area contributed by atoms with Crippen LogP contribution < -0.4 is 5.14 Å². The molecule has 1 aromatic heterocycles. The molecule has 29 heavy (non-hydrogen) atoms. The van der Waals surface area contributed by atoms with E-state index in [1.54, 1.807) is 0 Å². The zero-order valence-electron chi connectivity index (χ0n) is 14.8. The van der Waals surface area contributed by atoms with Gasteiger partial charge in [0.15, 0.2) is 5.69 Å². The third kappa shape index (κ3) is 4.15. The lowest BCUT2D eigenvalue weighted by Gasteiger charge is -2.11. The lowest BCUT2D eigenvalue weighted by Crippen LogP contribution is -2.13. The Morgan fingerprint density at radius 1 is 1.10 bits per heavy atom. The topological polar surface area (TPSA) is 78.0 Å². The number of nitrogens with zero attached hydrogens (tertiary/aromatic N) is 2. The van der Waals surface area contributed by atoms with Gasteiger partial charge in [0, 0.05) is 22.2 Å². The first-order valence-electron chi connectivity index (χ1n) is 8.05. The number of alkyl halides is 3. The highest BCUT2D eigenvalue weighted by molar-refractivity contribution is 7.89. The van der Waals surface area contributed by atoms with Gasteiger partial charge >= 0.3 is 6.18 Å². The van der Waals surface area contributed by atoms with Crippen molar-refractivity contribution in [1.29, 1.82) is 0 Å². The molecule has 150 valence electrons. The fourth-order valence-electron chi connectivity index (χ4n) is 2.86. The number of rotatable bonds is 3. The Balaban J connectivity index is 2.49. The van der Waals surface area contributed by atoms with Gasteiger partial charge in [0.05, 0.1) is 4.90 Å². The van der Waals surface area contributed by atoms with E-state index in [0.717, 1.165) is 0 Å². The van der Waals surface area contributed by atoms with Gasteiger partial charge in [-0.15, -0.1) is 0 Å². The maximum absolute atomic E-state index is 14.0. The van der Waals surface area contributed by atoms with Crippen molar-refractivity contribution < 1.29 is 21.6 Å². The molecule has 0 saturated heterocycles. The van der Waals surface area contributed by atoms with Gasteiger partial charge < -0.3 is 0 Å². The zero-order valence-corrected chi connectivity index (χ0v) is 16.4. The van der Waals surface area contributed by atoms with Gasteiger partial charge in [-0.3, -0.25) is 0 Å². The minimum Gasteiger partial charge on any atom is -0.225 e. The fourth-order valence-corrected chi connectivity index (χ4v) is 3.72. The summed E-state index contributed by atoms with van der Waals surface area (Å²) in [5, 5.41) is 9.57. The molecule has 2 N–H and O–H groups in total. The lowest BCUT2D eigenvalue weighted by molar-refractivity contribution is -0.142. The van der Waals surface area contributed by atoms with Gasteiger partial charge in [-0.1, -0.05) is 47.9 Å². The average molecular weight is 440 g/mol. The van der Waals surface area contributed by atoms with Crippen molar-refractivity contribution >= 4 is 21.6 Å². The predicted molar refractivity (Wildman–Crippen MR) is 103 cm³/mol. The van der Waals surface area contributed by atoms with E-state index in [0.29, 0.717) is 9.70 Å². The molecule has 5 nitrogen and oxygen atoms in total. The number of hydrogen-bond acceptors (Lipinski definition) is 3. The Morgan fingerprint density at radius 2 is 1.72 bits per heavy atom. The third-order valence-corrected chi connectivity index (χ3v) is 5.17. The van der Waals surface area contributed by atoms with Crippen LogP contribution in [0.2, 0.25) is 5.02 Å². The summed E-state index contributed by atoms with van der Waals surface area (Å²) in [6.07, 6.45) is -4.82. The number of nitrogens with two attached hydrogens (primary N) is 1. The van der Waals surface area contributed by atoms with Crippen molar-refractivity contribution in [2.75, 3.05) is 0 Å². The van der Waals surface area contributed by atoms with Gasteiger partial charge in [0.2, 0.25) is 10.0 Å². The summed E-state index contributed by atoms with van der Waals surface area (Å²) < 4.78 is 66.4. The van der Waals surface area contributed by atoms with Crippen LogP contribution in [0.25, 0.3) is 22.4 Å². The highest BCUT2D eigenvalue weighted by Gasteiger charge is 2.41. The highest BCUT2D eigenvalue weighted by atomic mass is 35.5. The van der Waals surface area contributed by atoms with Crippen LogP contribution in [0.15, 0.2) is 53.4 Å². The monoisotopic (exact) mass is 439 g/mol. The molecule has 0 fully saturated rings. The average Bonchev–Trinajstić information content (AvgIpc) is 3.01. The molecule has 0 aliphatic heterocycles. The molecule has 0 bridgehead atoms. The molecule has 0 spiro atoms. The largest absolute Gasteiger partial charge is 0.434 e. The Bertz CT molecular complexity index is 1240. The molecule has 0 atom stereocenters. The maximum Gasteiger partial charge on any atom is 0.434 e. The summed E-state index contributed by atoms with van der Waals surface area (Å²) in [5.74, 6) is 2.38. The van der Waals surface area contributed by atoms with Gasteiger partial charge in [-0.05, 0) is 30.7 Å². The smallest absolute Gasteiger partial charge is 0.225 e. The number of halogens is 4. The summed E-state index contributed by atoms with van der Waals surface area (Å²) in [6.45, 7) is 1.36. The summed E-state index contributed by atoms with van der Waals surface area (Å²) in [4.78, 5) is -0.349. The fraction of sp³-hybridized carbons (Fsp3) is 0.105. The second-order valence-corrected chi connectivity index (χ2v) is 7.86. The Labute approximate surface area is 170 Å². The van der Waals surface area contributed by atoms with E-state index in [4.69, 9.17) is 16.7 Å². The first-order chi connectivity index (χ1) is 13.5. The summed E-state index contributed by atoms with van der Waals surface area (Å²) >= 11 is 5.86. The maximum atomic E-state index is 14.0. The molecule has 0 saturated carbocycles. The van der Waals surface area contributed by atoms with E-state index in [-0.39, 0.29) is 27.3 Å². The molecule has 0 aliphatic rings. The van der Waals surface area contributed by atoms with Crippen LogP contribution in [-0.4, -0.2) is 18.2 Å². The number of sulfonamides is 1. The van der Waals surface area contributed by atoms with Crippen LogP contribution in [0, 0.1) is 12.0 Å². The van der Waals surface area contributed by atoms with E-state index in [2.05, 4.69) is 17.1 Å². The molecule has 0 amide bonds. The van der Waals surface area contributed by atoms with E-state index in [9.17, 15) is 21.6 Å². The molecule has 0 unspecified atom stereocenters. The van der Waals surface area contributed by atoms with Crippen LogP contribution in [0.3, 0.4) is 0 Å². The molecule has 10 heteroatoms. The molecular formula is C19H13ClF3N3O2S. The summed E-state index contributed by atoms with van der Waals surface area (Å²) in [6, 6.07) is 13.3. The zero-order chi connectivity index (χ0) is 21.4. The minimum atomic E-state index is -4.82. The van der Waals surface area contributed by atoms with Crippen molar-refractivity contribution in [1.82, 2.24) is 9.78 Å². The molecule has 2 aromatic carbocycles. The molecule has 3 aromatic rings. The van der Waals surface area contributed by atoms with E-state index in [1.807, 2.05) is 0 Å². The Morgan fingerprint density at radius 3 is 2.28 bits per heavy atom. The molecule has 0 radical (unpaired) electrons. The van der Waals surface area contributed by atoms with Crippen molar-refractivity contribution in [3.63, 3.8) is 0 Å². The van der Waals surface area contributed by atoms with Crippen LogP contribution in [0.1, 0.15) is 12.6 Å². The van der Waals surface area contributed by atoms with Gasteiger partial charge in [-0.25, -0.2) is 13.6 Å². The van der Waals surface area contributed by atoms with E-state index in [1.165, 1.54) is 55.5 Å². The third-order valence-electron chi connectivity index (χ3n) is 3.95. The van der Waals surface area contributed by atoms with Crippen LogP contribution in [-0.2, 0) is 16.2 Å². The van der Waals surface area contributed by atoms with Crippen molar-refractivity contribution in [2.24, 2.45) is 5.14 Å². The van der Waals surface area contributed by atoms with Crippen LogP contribution in [0.4, 0.5) is 13.2 Å². The van der Waals surface area contributed by atoms with Crippen molar-refractivity contribution in [3.8, 4) is 34.3 Å². The highest BCUT2D eigenvalue weighted by Crippen LogP contribution is 2.43. The number of primary sulfonamides is 1. The molecule has 3 rings (SSSR count). The van der Waals surface area contributed by atoms with E-state index >= 15 is 0 Å². The number of aromatic nitrogens is 2. The normalized spacial score (nSPS) is 11.8. The Kier molecular flexibility index (Phi) is 5.45. The Hall–Kier alpha value is -2.80. The number of hydrogen-bond donors (Lipinski definition) is 1. The second-order valence-electron chi connectivity index (χ2n) is 5.89. The van der Waals surface area contributed by atoms with Crippen molar-refractivity contribution in [2.45, 2.75) is 18.0 Å². The lowest BCUT2D eigenvalue weighted by atomic mass is 9.98. The van der Waals surface area contributed by atoms with Gasteiger partial charge in [-0.2, -0.15) is 23.0 Å². The van der Waals surface area contributed by atoms with Crippen molar-refractivity contribution in [3.05, 3.63) is 59.2 Å². The number of benzene rings is 2. The standard InChI is InChI=1S/C19H13ClF3N3O2S/c1-2-11-26-18(19(21,22)23)16(12-7-9-13(20)10-8-12)17(25-26)14-5-3-4-6-15(14)29(24,27)28/h3-10H,1H3,(H2,24,27,28). The molecule has 1 heterocycles. The molecular weight excluding hydrogens is 427 g/mol. The summed E-state index contributed by atoms with van der Waals surface area (Å²) in [5.41, 5.74) is -1.60. The van der Waals surface area contributed by atoms with E-state index < -0.39 is 21.9 Å². The predicted octanol–water partition coefficient (Wildman–Crippen LogP) is 4.37. The second kappa shape index (κ2) is 7.55. The first kappa shape index (κ1) is 20.9. The summed E-state index contributed by atoms with van der Waals surface area (Å²) in [7, 11) is -4.23. The first-order valence-corrected chi connectivity index (χ1v) is 9.97. The minimum absolute atomic E-state index is 0.0675. The van der Waals surface area contributed by atoms with Gasteiger partial charge in [0.1, 0.15) is 5.69 Å². The molecule has 0 aliphatic carbocycles. The SMILES string of the molecule is CC#Cn1nc(-c2ccccc2S(N)(=O)=O)c(-c2ccc(Cl)cc2)c1C(F)(F)F.